The van der Waals surface area contributed by atoms with Gasteiger partial charge in [-0.05, 0) is 143 Å². The largest absolute Gasteiger partial charge is 0.480 e. The number of pyridine rings is 6. The van der Waals surface area contributed by atoms with Gasteiger partial charge in [-0.1, -0.05) is 77.1 Å². The highest BCUT2D eigenvalue weighted by Gasteiger charge is 2.36. The molecule has 125 heavy (non-hydrogen) atoms. The summed E-state index contributed by atoms with van der Waals surface area (Å²) in [6.45, 7) is 28.5. The van der Waals surface area contributed by atoms with Crippen LogP contribution in [-0.4, -0.2) is 190 Å². The van der Waals surface area contributed by atoms with Crippen molar-refractivity contribution in [1.29, 1.82) is 0 Å². The number of carbonyl (C=O) groups is 3. The van der Waals surface area contributed by atoms with Crippen LogP contribution in [0.25, 0.3) is 67.7 Å². The van der Waals surface area contributed by atoms with Crippen LogP contribution in [0.2, 0.25) is 77.1 Å². The molecule has 30 nitrogen and oxygen atoms in total. The summed E-state index contributed by atoms with van der Waals surface area (Å²) in [5.74, 6) is 1.08. The summed E-state index contributed by atoms with van der Waals surface area (Å²) in [5, 5.41) is 25.3. The first-order valence-corrected chi connectivity index (χ1v) is 51.4. The molecule has 0 radical (unpaired) electrons. The van der Waals surface area contributed by atoms with Gasteiger partial charge in [-0.2, -0.15) is 39.5 Å². The number of nitrogen functional groups attached to an aromatic ring is 1. The van der Waals surface area contributed by atoms with E-state index in [9.17, 15) is 53.9 Å². The van der Waals surface area contributed by atoms with E-state index in [1.54, 1.807) is 81.0 Å². The number of nitrogens with one attached hydrogen (secondary N) is 5. The summed E-state index contributed by atoms with van der Waals surface area (Å²) in [6, 6.07) is 29.4. The first kappa shape index (κ1) is 93.9. The summed E-state index contributed by atoms with van der Waals surface area (Å²) in [5.41, 5.74) is 5.90. The molecule has 8 N–H and O–H groups in total. The minimum Gasteiger partial charge on any atom is -0.480 e. The van der Waals surface area contributed by atoms with Crippen molar-refractivity contribution in [3.05, 3.63) is 163 Å². The number of carbonyl (C=O) groups excluding carboxylic acids is 2. The summed E-state index contributed by atoms with van der Waals surface area (Å²) >= 11 is 0. The third kappa shape index (κ3) is 28.4. The predicted octanol–water partition coefficient (Wildman–Crippen LogP) is 17.6. The molecule has 0 aromatic carbocycles. The Kier molecular flexibility index (Phi) is 31.0. The maximum absolute atomic E-state index is 13.4. The van der Waals surface area contributed by atoms with Crippen molar-refractivity contribution < 1.29 is 73.2 Å². The minimum absolute atomic E-state index is 0.00594. The second-order valence-electron chi connectivity index (χ2n) is 33.3. The Bertz CT molecular complexity index is 5690. The topological polar surface area (TPSA) is 361 Å². The van der Waals surface area contributed by atoms with Crippen LogP contribution in [0.3, 0.4) is 0 Å². The fourth-order valence-corrected chi connectivity index (χ4v) is 14.9. The van der Waals surface area contributed by atoms with Crippen LogP contribution in [0.4, 0.5) is 91.5 Å². The number of alkyl halides is 9. The Labute approximate surface area is 717 Å². The summed E-state index contributed by atoms with van der Waals surface area (Å²) < 4.78 is 143. The molecule has 0 spiro atoms. The molecule has 0 bridgehead atoms. The maximum Gasteiger partial charge on any atom is 0.433 e. The molecular formula is C83H100F9N23O7Si3. The molecule has 42 heteroatoms. The lowest BCUT2D eigenvalue weighted by atomic mass is 10.2. The quantitative estimate of drug-likeness (QED) is 0.0125. The average molecular weight is 1790 g/mol. The standard InChI is InChI=1S/C29H35F3N8O2Si.C25H28F3N7O2Si.C23H26F3N7OSi.C6H11NO2/c1-43(2,3)16-15-42-19-40-14-10-21-26(37-27(38-28(21)40)22-7-6-8-23(35-22)29(30,31)32)34-20-9-11-33-24(17-20)36-25(41)18-39-12-4-5-13-39;1-16(36)30-21-14-17(8-10-29-21)31-22-18-9-11-35(15-37-12-13-38(2,3)4)24(18)34-23(33-22)19-6-5-7-20(32-19)25(26,27)28;1-35(2,3)12-11-34-14-33-10-8-16-20(29-15-7-9-28-19(27)13-15)31-21(32-22(16)33)17-5-4-6-18(30-17)23(24,25)26;8-6(9)5-7-3-1-2-4-7/h6-11,14,17H,4-5,12-13,15-16,18-19H2,1-3H3,(H2,33,34,36,37,38,41);5-11,14H,12-13,15H2,1-4H3,(H2,29,30,31,33,34,36);4-10,13H,11-12,14H2,1-3H3,(H3,27,28,29,31,32);1-5H2,(H,8,9). The zero-order chi connectivity index (χ0) is 90.0. The van der Waals surface area contributed by atoms with Gasteiger partial charge in [0.1, 0.15) is 106 Å². The first-order valence-electron chi connectivity index (χ1n) is 40.3. The highest BCUT2D eigenvalue weighted by molar-refractivity contribution is 6.76. The van der Waals surface area contributed by atoms with Crippen molar-refractivity contribution in [1.82, 2.24) is 83.3 Å². The van der Waals surface area contributed by atoms with Gasteiger partial charge in [0, 0.05) is 123 Å². The molecule has 12 aromatic heterocycles. The molecule has 0 unspecified atom stereocenters. The van der Waals surface area contributed by atoms with E-state index in [-0.39, 0.29) is 73.1 Å². The van der Waals surface area contributed by atoms with E-state index < -0.39 is 65.8 Å². The Morgan fingerprint density at radius 2 is 0.760 bits per heavy atom. The molecule has 2 fully saturated rings. The number of rotatable bonds is 30. The number of amides is 2. The van der Waals surface area contributed by atoms with Crippen molar-refractivity contribution in [3.8, 4) is 34.6 Å². The second kappa shape index (κ2) is 41.3. The zero-order valence-corrected chi connectivity index (χ0v) is 73.8. The van der Waals surface area contributed by atoms with Gasteiger partial charge in [0.15, 0.2) is 17.5 Å². The number of aliphatic carboxylic acids is 1. The number of aromatic nitrogens is 15. The van der Waals surface area contributed by atoms with E-state index >= 15 is 0 Å². The monoisotopic (exact) mass is 1790 g/mol. The average Bonchev–Trinajstić information content (AvgIpc) is 1.69. The molecule has 12 aromatic rings. The van der Waals surface area contributed by atoms with E-state index in [1.807, 2.05) is 23.2 Å². The molecule has 2 aliphatic heterocycles. The van der Waals surface area contributed by atoms with E-state index in [4.69, 9.17) is 25.1 Å². The lowest BCUT2D eigenvalue weighted by molar-refractivity contribution is -0.141. The van der Waals surface area contributed by atoms with Gasteiger partial charge >= 0.3 is 24.5 Å². The van der Waals surface area contributed by atoms with Gasteiger partial charge in [0.05, 0.1) is 29.2 Å². The van der Waals surface area contributed by atoms with Crippen LogP contribution in [0, 0.1) is 0 Å². The molecular weight excluding hydrogens is 1690 g/mol. The lowest BCUT2D eigenvalue weighted by Crippen LogP contribution is -2.31. The van der Waals surface area contributed by atoms with Crippen molar-refractivity contribution >= 4 is 127 Å². The molecule has 14 rings (SSSR count). The molecule has 14 heterocycles. The molecule has 664 valence electrons. The number of fused-ring (bicyclic) bond motifs is 3. The number of carboxylic acids is 1. The lowest BCUT2D eigenvalue weighted by Gasteiger charge is -2.16. The van der Waals surface area contributed by atoms with Crippen LogP contribution in [-0.2, 0) is 67.3 Å². The van der Waals surface area contributed by atoms with Crippen LogP contribution < -0.4 is 32.3 Å². The van der Waals surface area contributed by atoms with E-state index in [0.717, 1.165) is 88.2 Å². The van der Waals surface area contributed by atoms with Crippen LogP contribution in [0.1, 0.15) is 49.7 Å². The fourth-order valence-electron chi connectivity index (χ4n) is 12.6. The summed E-state index contributed by atoms with van der Waals surface area (Å²) in [7, 11) is -3.81. The highest BCUT2D eigenvalue weighted by atomic mass is 28.3. The Morgan fingerprint density at radius 3 is 1.08 bits per heavy atom. The Balaban J connectivity index is 0.000000174. The third-order valence-electron chi connectivity index (χ3n) is 19.1. The van der Waals surface area contributed by atoms with Crippen molar-refractivity contribution in [2.24, 2.45) is 0 Å². The molecule has 0 atom stereocenters. The number of likely N-dealkylation sites (tertiary alicyclic amines) is 2. The van der Waals surface area contributed by atoms with Gasteiger partial charge in [-0.3, -0.25) is 24.2 Å². The number of carboxylic acid groups (broad SMARTS) is 1. The third-order valence-corrected chi connectivity index (χ3v) is 24.2. The smallest absolute Gasteiger partial charge is 0.433 e. The molecule has 2 amide bonds. The van der Waals surface area contributed by atoms with Crippen molar-refractivity contribution in [2.45, 2.75) is 148 Å². The molecule has 0 aliphatic carbocycles. The van der Waals surface area contributed by atoms with Crippen LogP contribution in [0.15, 0.2) is 146 Å². The van der Waals surface area contributed by atoms with Gasteiger partial charge in [-0.25, -0.2) is 59.8 Å². The van der Waals surface area contributed by atoms with Gasteiger partial charge in [0.2, 0.25) is 11.8 Å². The van der Waals surface area contributed by atoms with Gasteiger partial charge < -0.3 is 65.3 Å². The van der Waals surface area contributed by atoms with Gasteiger partial charge in [-0.15, -0.1) is 0 Å². The second-order valence-corrected chi connectivity index (χ2v) is 50.2. The van der Waals surface area contributed by atoms with Crippen molar-refractivity contribution in [2.75, 3.05) is 91.4 Å². The summed E-state index contributed by atoms with van der Waals surface area (Å²) in [6.07, 6.45) is 0.702. The van der Waals surface area contributed by atoms with Crippen LogP contribution in [0.5, 0.6) is 0 Å². The van der Waals surface area contributed by atoms with E-state index in [0.29, 0.717) is 111 Å². The van der Waals surface area contributed by atoms with E-state index in [2.05, 4.69) is 150 Å². The number of anilines is 9. The molecule has 0 saturated carbocycles. The number of nitrogens with two attached hydrogens (primary N) is 1. The number of nitrogens with zero attached hydrogens (tertiary/aromatic N) is 17. The Morgan fingerprint density at radius 1 is 0.432 bits per heavy atom. The van der Waals surface area contributed by atoms with Crippen molar-refractivity contribution in [3.63, 3.8) is 0 Å². The molecule has 2 saturated heterocycles. The van der Waals surface area contributed by atoms with Gasteiger partial charge in [0.25, 0.3) is 0 Å². The zero-order valence-electron chi connectivity index (χ0n) is 70.8. The number of hydrogen-bond donors (Lipinski definition) is 7. The number of halogens is 9. The predicted molar refractivity (Wildman–Crippen MR) is 468 cm³/mol. The highest BCUT2D eigenvalue weighted by Crippen LogP contribution is 2.37. The van der Waals surface area contributed by atoms with E-state index in [1.165, 1.54) is 49.5 Å². The Hall–Kier alpha value is -11.8. The number of ether oxygens (including phenoxy) is 3. The first-order chi connectivity index (χ1) is 59.1. The maximum atomic E-state index is 13.4. The normalized spacial score (nSPS) is 13.5. The number of hydrogen-bond acceptors (Lipinski definition) is 24. The van der Waals surface area contributed by atoms with Crippen LogP contribution >= 0.6 is 0 Å². The minimum atomic E-state index is -4.61. The summed E-state index contributed by atoms with van der Waals surface area (Å²) in [4.78, 5) is 89.1. The SMILES string of the molecule is CC(=O)Nc1cc(Nc2nc(-c3cccc(C(F)(F)F)n3)nc3c2ccn3COCC[Si](C)(C)C)ccn1.C[Si](C)(C)CCOCn1ccc2c(Nc3ccnc(N)c3)nc(-c3cccc(C(F)(F)F)n3)nc21.C[Si](C)(C)CCOCn1ccc2c(Nc3ccnc(NC(=O)CN4CCCC4)c3)nc(-c3cccc(C(F)(F)F)n3)nc21.O=C(O)CN1CCCC1. The molecule has 2 aliphatic rings. The fraction of sp³-hybridized carbons (Fsp3) is 0.386.